The Hall–Kier alpha value is -4.12. The van der Waals surface area contributed by atoms with Gasteiger partial charge in [-0.1, -0.05) is 12.1 Å². The number of rotatable bonds is 16. The molecule has 0 aliphatic heterocycles. The maximum Gasteiger partial charge on any atom is 0.251 e. The Kier molecular flexibility index (Phi) is 12.2. The fraction of sp³-hybridized carbons (Fsp3) is 0.333. The molecule has 40 heavy (non-hydrogen) atoms. The van der Waals surface area contributed by atoms with Gasteiger partial charge in [-0.15, -0.1) is 0 Å². The molecule has 0 radical (unpaired) electrons. The second-order valence-corrected chi connectivity index (χ2v) is 8.92. The summed E-state index contributed by atoms with van der Waals surface area (Å²) in [4.78, 5) is 27.2. The van der Waals surface area contributed by atoms with Crippen molar-refractivity contribution in [3.05, 3.63) is 89.5 Å². The highest BCUT2D eigenvalue weighted by Crippen LogP contribution is 2.15. The molecule has 10 heteroatoms. The summed E-state index contributed by atoms with van der Waals surface area (Å²) in [6.07, 6.45) is -1.09. The van der Waals surface area contributed by atoms with Crippen LogP contribution in [0.25, 0.3) is 0 Å². The van der Waals surface area contributed by atoms with Crippen LogP contribution in [0.1, 0.15) is 32.5 Å². The van der Waals surface area contributed by atoms with E-state index >= 15 is 0 Å². The lowest BCUT2D eigenvalue weighted by molar-refractivity contribution is -0.435. The first kappa shape index (κ1) is 30.4. The number of methoxy groups -OCH3 is 3. The topological polar surface area (TPSA) is 124 Å². The molecular weight excluding hydrogens is 512 g/mol. The molecule has 3 N–H and O–H groups in total. The molecule has 1 atom stereocenters. The first-order valence-corrected chi connectivity index (χ1v) is 13.0. The van der Waals surface area contributed by atoms with Crippen LogP contribution in [0.3, 0.4) is 0 Å². The zero-order valence-corrected chi connectivity index (χ0v) is 23.1. The number of nitrogens with one attached hydrogen (secondary N) is 3. The zero-order chi connectivity index (χ0) is 28.7. The Balaban J connectivity index is 1.51. The van der Waals surface area contributed by atoms with E-state index in [4.69, 9.17) is 14.2 Å². The van der Waals surface area contributed by atoms with Gasteiger partial charge in [-0.2, -0.15) is 0 Å². The summed E-state index contributed by atoms with van der Waals surface area (Å²) in [5, 5.41) is 21.5. The van der Waals surface area contributed by atoms with Gasteiger partial charge >= 0.3 is 0 Å². The Labute approximate surface area is 235 Å². The number of carbonyl (C=O) groups is 2. The molecule has 0 aliphatic carbocycles. The molecule has 0 heterocycles. The molecule has 0 bridgehead atoms. The minimum atomic E-state index is -1.09. The molecule has 2 amide bonds. The average Bonchev–Trinajstić information content (AvgIpc) is 3.00. The Morgan fingerprint density at radius 1 is 0.650 bits per heavy atom. The lowest BCUT2D eigenvalue weighted by Crippen LogP contribution is -2.43. The number of ether oxygens (including phenoxy) is 3. The van der Waals surface area contributed by atoms with Crippen molar-refractivity contribution in [3.8, 4) is 17.2 Å². The van der Waals surface area contributed by atoms with Gasteiger partial charge in [0.25, 0.3) is 11.8 Å². The number of carbonyl (C=O) groups excluding carboxylic acids is 2. The van der Waals surface area contributed by atoms with Crippen molar-refractivity contribution in [1.29, 1.82) is 0 Å². The first-order valence-electron chi connectivity index (χ1n) is 13.0. The third-order valence-electron chi connectivity index (χ3n) is 6.31. The van der Waals surface area contributed by atoms with E-state index in [0.717, 1.165) is 0 Å². The van der Waals surface area contributed by atoms with Crippen molar-refractivity contribution in [1.82, 2.24) is 20.9 Å². The normalized spacial score (nSPS) is 11.5. The van der Waals surface area contributed by atoms with Crippen LogP contribution in [0.2, 0.25) is 0 Å². The van der Waals surface area contributed by atoms with Crippen LogP contribution in [-0.4, -0.2) is 77.3 Å². The number of amides is 2. The summed E-state index contributed by atoms with van der Waals surface area (Å²) in [7, 11) is 4.73. The van der Waals surface area contributed by atoms with Crippen LogP contribution in [-0.2, 0) is 0 Å². The predicted molar refractivity (Wildman–Crippen MR) is 151 cm³/mol. The lowest BCUT2D eigenvalue weighted by atomic mass is 10.2. The van der Waals surface area contributed by atoms with Crippen LogP contribution >= 0.6 is 0 Å². The third-order valence-corrected chi connectivity index (χ3v) is 6.31. The molecule has 0 saturated carbocycles. The van der Waals surface area contributed by atoms with Gasteiger partial charge in [0.15, 0.2) is 0 Å². The maximum atomic E-state index is 12.6. The minimum absolute atomic E-state index is 0.187. The maximum absolute atomic E-state index is 12.6. The van der Waals surface area contributed by atoms with Crippen molar-refractivity contribution >= 4 is 11.8 Å². The fourth-order valence-electron chi connectivity index (χ4n) is 3.93. The summed E-state index contributed by atoms with van der Waals surface area (Å²) < 4.78 is 15.4. The molecule has 3 rings (SSSR count). The summed E-state index contributed by atoms with van der Waals surface area (Å²) in [6.45, 7) is 2.85. The quantitative estimate of drug-likeness (QED) is 0.231. The average molecular weight is 550 g/mol. The lowest BCUT2D eigenvalue weighted by Gasteiger charge is -2.28. The van der Waals surface area contributed by atoms with Crippen LogP contribution in [0.15, 0.2) is 72.8 Å². The van der Waals surface area contributed by atoms with E-state index in [2.05, 4.69) is 20.9 Å². The molecule has 0 spiro atoms. The van der Waals surface area contributed by atoms with Gasteiger partial charge < -0.3 is 35.3 Å². The molecule has 3 aromatic carbocycles. The molecule has 0 fully saturated rings. The largest absolute Gasteiger partial charge is 0.837 e. The minimum Gasteiger partial charge on any atom is -0.837 e. The summed E-state index contributed by atoms with van der Waals surface area (Å²) >= 11 is 0. The highest BCUT2D eigenvalue weighted by atomic mass is 16.5. The molecule has 214 valence electrons. The van der Waals surface area contributed by atoms with Gasteiger partial charge in [0.2, 0.25) is 0 Å². The molecule has 10 nitrogen and oxygen atoms in total. The van der Waals surface area contributed by atoms with E-state index in [1.165, 1.54) is 0 Å². The van der Waals surface area contributed by atoms with Gasteiger partial charge in [-0.3, -0.25) is 14.5 Å². The van der Waals surface area contributed by atoms with Crippen LogP contribution < -0.4 is 35.3 Å². The molecule has 0 saturated heterocycles. The number of hydrogen-bond acceptors (Lipinski definition) is 8. The smallest absolute Gasteiger partial charge is 0.251 e. The standard InChI is InChI=1S/C30H37N4O6/c1-38-25-10-4-22(5-11-25)28(35)31-16-19-34(20-17-32-29(36)23-6-12-26(39-2)13-7-23)21-18-33-30(37)24-8-14-27(40-3)15-9-24/h4-15,28,31H,16-21H2,1-3H3,(H,32,36)(H,33,37)/q-1. The molecule has 0 aromatic heterocycles. The first-order chi connectivity index (χ1) is 19.4. The summed E-state index contributed by atoms with van der Waals surface area (Å²) in [5.74, 6) is 1.67. The van der Waals surface area contributed by atoms with Gasteiger partial charge in [0.05, 0.1) is 21.3 Å². The highest BCUT2D eigenvalue weighted by molar-refractivity contribution is 5.94. The van der Waals surface area contributed by atoms with E-state index in [9.17, 15) is 14.7 Å². The predicted octanol–water partition coefficient (Wildman–Crippen LogP) is 1.82. The van der Waals surface area contributed by atoms with E-state index in [-0.39, 0.29) is 11.8 Å². The van der Waals surface area contributed by atoms with Gasteiger partial charge in [-0.05, 0) is 72.5 Å². The summed E-state index contributed by atoms with van der Waals surface area (Å²) in [5.41, 5.74) is 1.69. The molecule has 3 aromatic rings. The van der Waals surface area contributed by atoms with Crippen LogP contribution in [0.5, 0.6) is 17.2 Å². The monoisotopic (exact) mass is 549 g/mol. The van der Waals surface area contributed by atoms with E-state index < -0.39 is 6.23 Å². The van der Waals surface area contributed by atoms with Crippen molar-refractivity contribution in [2.75, 3.05) is 60.6 Å². The van der Waals surface area contributed by atoms with Crippen molar-refractivity contribution < 1.29 is 28.9 Å². The Morgan fingerprint density at radius 3 is 1.43 bits per heavy atom. The number of hydrogen-bond donors (Lipinski definition) is 3. The second kappa shape index (κ2) is 16.1. The third kappa shape index (κ3) is 9.57. The van der Waals surface area contributed by atoms with Crippen molar-refractivity contribution in [2.45, 2.75) is 6.23 Å². The summed E-state index contributed by atoms with van der Waals surface area (Å²) in [6, 6.07) is 20.8. The Bertz CT molecular complexity index is 1120. The van der Waals surface area contributed by atoms with Crippen LogP contribution in [0.4, 0.5) is 0 Å². The van der Waals surface area contributed by atoms with Gasteiger partial charge in [-0.25, -0.2) is 0 Å². The highest BCUT2D eigenvalue weighted by Gasteiger charge is 2.11. The molecular formula is C30H37N4O6-. The van der Waals surface area contributed by atoms with Crippen molar-refractivity contribution in [3.63, 3.8) is 0 Å². The van der Waals surface area contributed by atoms with Gasteiger partial charge in [0, 0.05) is 50.4 Å². The number of nitrogens with zero attached hydrogens (tertiary/aromatic N) is 1. The fourth-order valence-corrected chi connectivity index (χ4v) is 3.93. The molecule has 0 aliphatic rings. The van der Waals surface area contributed by atoms with Gasteiger partial charge in [0.1, 0.15) is 17.2 Å². The molecule has 1 unspecified atom stereocenters. The van der Waals surface area contributed by atoms with E-state index in [1.807, 2.05) is 0 Å². The number of benzene rings is 3. The SMILES string of the molecule is COc1ccc(C(=O)NCCN(CCNC(=O)c2ccc(OC)cc2)CCNC([O-])c2ccc(OC)cc2)cc1. The van der Waals surface area contributed by atoms with Crippen molar-refractivity contribution in [2.24, 2.45) is 0 Å². The Morgan fingerprint density at radius 2 is 1.02 bits per heavy atom. The zero-order valence-electron chi connectivity index (χ0n) is 23.1. The van der Waals surface area contributed by atoms with E-state index in [1.54, 1.807) is 94.1 Å². The second-order valence-electron chi connectivity index (χ2n) is 8.92. The van der Waals surface area contributed by atoms with Crippen LogP contribution in [0, 0.1) is 0 Å². The van der Waals surface area contributed by atoms with E-state index in [0.29, 0.717) is 73.2 Å².